The SMILES string of the molecule is COc1cccc(Cn2nc(C)c(CN)c2C)c1F. The van der Waals surface area contributed by atoms with E-state index in [9.17, 15) is 4.39 Å². The lowest BCUT2D eigenvalue weighted by Crippen LogP contribution is -2.07. The standard InChI is InChI=1S/C14H18FN3O/c1-9-12(7-16)10(2)18(17-9)8-11-5-4-6-13(19-3)14(11)15/h4-6H,7-8,16H2,1-3H3. The molecule has 1 heterocycles. The third-order valence-electron chi connectivity index (χ3n) is 3.32. The van der Waals surface area contributed by atoms with E-state index in [4.69, 9.17) is 10.5 Å². The zero-order valence-electron chi connectivity index (χ0n) is 11.4. The van der Waals surface area contributed by atoms with Gasteiger partial charge in [0.25, 0.3) is 0 Å². The molecule has 0 unspecified atom stereocenters. The summed E-state index contributed by atoms with van der Waals surface area (Å²) in [5.41, 5.74) is 9.12. The van der Waals surface area contributed by atoms with Crippen LogP contribution < -0.4 is 10.5 Å². The zero-order chi connectivity index (χ0) is 14.0. The first-order valence-corrected chi connectivity index (χ1v) is 6.12. The number of nitrogens with zero attached hydrogens (tertiary/aromatic N) is 2. The van der Waals surface area contributed by atoms with E-state index >= 15 is 0 Å². The van der Waals surface area contributed by atoms with Crippen LogP contribution in [0.1, 0.15) is 22.5 Å². The summed E-state index contributed by atoms with van der Waals surface area (Å²) in [5, 5.41) is 4.40. The Bertz CT molecular complexity index is 593. The molecule has 0 amide bonds. The normalized spacial score (nSPS) is 10.8. The minimum absolute atomic E-state index is 0.248. The molecule has 2 N–H and O–H groups in total. The maximum Gasteiger partial charge on any atom is 0.170 e. The smallest absolute Gasteiger partial charge is 0.170 e. The van der Waals surface area contributed by atoms with Crippen LogP contribution in [0, 0.1) is 19.7 Å². The molecule has 2 aromatic rings. The molecule has 102 valence electrons. The second-order valence-electron chi connectivity index (χ2n) is 4.44. The van der Waals surface area contributed by atoms with Crippen molar-refractivity contribution in [3.63, 3.8) is 0 Å². The Labute approximate surface area is 112 Å². The van der Waals surface area contributed by atoms with Crippen LogP contribution in [0.4, 0.5) is 4.39 Å². The van der Waals surface area contributed by atoms with E-state index in [1.54, 1.807) is 22.9 Å². The van der Waals surface area contributed by atoms with Crippen molar-refractivity contribution < 1.29 is 9.13 Å². The van der Waals surface area contributed by atoms with Crippen molar-refractivity contribution in [1.82, 2.24) is 9.78 Å². The molecule has 0 radical (unpaired) electrons. The van der Waals surface area contributed by atoms with Crippen LogP contribution in [0.25, 0.3) is 0 Å². The van der Waals surface area contributed by atoms with E-state index in [0.717, 1.165) is 17.0 Å². The second-order valence-corrected chi connectivity index (χ2v) is 4.44. The number of hydrogen-bond donors (Lipinski definition) is 1. The number of hydrogen-bond acceptors (Lipinski definition) is 3. The molecule has 1 aromatic carbocycles. The molecule has 1 aromatic heterocycles. The number of aromatic nitrogens is 2. The fraction of sp³-hybridized carbons (Fsp3) is 0.357. The van der Waals surface area contributed by atoms with Gasteiger partial charge in [0.15, 0.2) is 11.6 Å². The van der Waals surface area contributed by atoms with Crippen molar-refractivity contribution in [3.8, 4) is 5.75 Å². The van der Waals surface area contributed by atoms with Gasteiger partial charge in [-0.15, -0.1) is 0 Å². The van der Waals surface area contributed by atoms with E-state index in [-0.39, 0.29) is 11.6 Å². The minimum Gasteiger partial charge on any atom is -0.494 e. The first kappa shape index (κ1) is 13.5. The average molecular weight is 263 g/mol. The Balaban J connectivity index is 2.37. The van der Waals surface area contributed by atoms with Gasteiger partial charge in [-0.2, -0.15) is 5.10 Å². The van der Waals surface area contributed by atoms with Crippen molar-refractivity contribution in [2.45, 2.75) is 26.9 Å². The molecular formula is C14H18FN3O. The highest BCUT2D eigenvalue weighted by atomic mass is 19.1. The van der Waals surface area contributed by atoms with E-state index < -0.39 is 0 Å². The summed E-state index contributed by atoms with van der Waals surface area (Å²) >= 11 is 0. The van der Waals surface area contributed by atoms with E-state index in [2.05, 4.69) is 5.10 Å². The third-order valence-corrected chi connectivity index (χ3v) is 3.32. The summed E-state index contributed by atoms with van der Waals surface area (Å²) < 4.78 is 20.8. The number of halogens is 1. The monoisotopic (exact) mass is 263 g/mol. The number of aryl methyl sites for hydroxylation is 1. The average Bonchev–Trinajstić information content (AvgIpc) is 2.66. The first-order valence-electron chi connectivity index (χ1n) is 6.12. The molecule has 0 saturated heterocycles. The number of ether oxygens (including phenoxy) is 1. The summed E-state index contributed by atoms with van der Waals surface area (Å²) in [6, 6.07) is 5.11. The molecule has 0 spiro atoms. The Morgan fingerprint density at radius 1 is 1.37 bits per heavy atom. The molecule has 4 nitrogen and oxygen atoms in total. The molecule has 0 fully saturated rings. The highest BCUT2D eigenvalue weighted by molar-refractivity contribution is 5.32. The predicted molar refractivity (Wildman–Crippen MR) is 71.6 cm³/mol. The molecule has 0 saturated carbocycles. The molecular weight excluding hydrogens is 245 g/mol. The van der Waals surface area contributed by atoms with Crippen molar-refractivity contribution >= 4 is 0 Å². The molecule has 19 heavy (non-hydrogen) atoms. The maximum atomic E-state index is 14.1. The predicted octanol–water partition coefficient (Wildman–Crippen LogP) is 2.15. The van der Waals surface area contributed by atoms with Crippen molar-refractivity contribution in [2.24, 2.45) is 5.73 Å². The summed E-state index contributed by atoms with van der Waals surface area (Å²) in [6.07, 6.45) is 0. The van der Waals surface area contributed by atoms with Crippen molar-refractivity contribution in [1.29, 1.82) is 0 Å². The van der Waals surface area contributed by atoms with Gasteiger partial charge >= 0.3 is 0 Å². The van der Waals surface area contributed by atoms with Crippen LogP contribution in [-0.4, -0.2) is 16.9 Å². The van der Waals surface area contributed by atoms with Crippen molar-refractivity contribution in [2.75, 3.05) is 7.11 Å². The van der Waals surface area contributed by atoms with Gasteiger partial charge in [0.1, 0.15) is 0 Å². The van der Waals surface area contributed by atoms with Gasteiger partial charge in [-0.25, -0.2) is 4.39 Å². The van der Waals surface area contributed by atoms with Crippen LogP contribution >= 0.6 is 0 Å². The van der Waals surface area contributed by atoms with Crippen LogP contribution in [0.3, 0.4) is 0 Å². The topological polar surface area (TPSA) is 53.1 Å². The number of benzene rings is 1. The molecule has 0 aliphatic carbocycles. The van der Waals surface area contributed by atoms with Crippen molar-refractivity contribution in [3.05, 3.63) is 46.5 Å². The highest BCUT2D eigenvalue weighted by Gasteiger charge is 2.13. The number of nitrogens with two attached hydrogens (primary N) is 1. The Hall–Kier alpha value is -1.88. The molecule has 0 bridgehead atoms. The second kappa shape index (κ2) is 5.40. The van der Waals surface area contributed by atoms with E-state index in [1.165, 1.54) is 7.11 Å². The van der Waals surface area contributed by atoms with Gasteiger partial charge in [-0.3, -0.25) is 4.68 Å². The maximum absolute atomic E-state index is 14.1. The quantitative estimate of drug-likeness (QED) is 0.919. The van der Waals surface area contributed by atoms with Gasteiger partial charge in [0.2, 0.25) is 0 Å². The molecule has 0 aliphatic rings. The Kier molecular flexibility index (Phi) is 3.85. The lowest BCUT2D eigenvalue weighted by Gasteiger charge is -2.09. The third kappa shape index (κ3) is 2.46. The van der Waals surface area contributed by atoms with Gasteiger partial charge in [-0.1, -0.05) is 12.1 Å². The summed E-state index contributed by atoms with van der Waals surface area (Å²) in [4.78, 5) is 0. The first-order chi connectivity index (χ1) is 9.08. The molecule has 5 heteroatoms. The lowest BCUT2D eigenvalue weighted by molar-refractivity contribution is 0.383. The molecule has 0 aliphatic heterocycles. The van der Waals surface area contributed by atoms with E-state index in [0.29, 0.717) is 18.7 Å². The minimum atomic E-state index is -0.341. The summed E-state index contributed by atoms with van der Waals surface area (Å²) in [7, 11) is 1.46. The van der Waals surface area contributed by atoms with Crippen LogP contribution in [0.2, 0.25) is 0 Å². The van der Waals surface area contributed by atoms with Crippen LogP contribution in [0.15, 0.2) is 18.2 Å². The highest BCUT2D eigenvalue weighted by Crippen LogP contribution is 2.22. The summed E-state index contributed by atoms with van der Waals surface area (Å²) in [6.45, 7) is 4.67. The zero-order valence-corrected chi connectivity index (χ0v) is 11.4. The Morgan fingerprint density at radius 2 is 2.11 bits per heavy atom. The van der Waals surface area contributed by atoms with Gasteiger partial charge in [0, 0.05) is 23.4 Å². The summed E-state index contributed by atoms with van der Waals surface area (Å²) in [5.74, 6) is -0.0927. The molecule has 0 atom stereocenters. The van der Waals surface area contributed by atoms with Gasteiger partial charge in [0.05, 0.1) is 19.3 Å². The van der Waals surface area contributed by atoms with Gasteiger partial charge < -0.3 is 10.5 Å². The fourth-order valence-electron chi connectivity index (χ4n) is 2.18. The van der Waals surface area contributed by atoms with Crippen LogP contribution in [-0.2, 0) is 13.1 Å². The lowest BCUT2D eigenvalue weighted by atomic mass is 10.2. The van der Waals surface area contributed by atoms with Crippen LogP contribution in [0.5, 0.6) is 5.75 Å². The van der Waals surface area contributed by atoms with E-state index in [1.807, 2.05) is 13.8 Å². The molecule has 2 rings (SSSR count). The number of rotatable bonds is 4. The fourth-order valence-corrected chi connectivity index (χ4v) is 2.18. The Morgan fingerprint density at radius 3 is 2.68 bits per heavy atom. The largest absolute Gasteiger partial charge is 0.494 e. The van der Waals surface area contributed by atoms with Gasteiger partial charge in [-0.05, 0) is 19.9 Å². The number of methoxy groups -OCH3 is 1.